The number of thiophene rings is 1. The Labute approximate surface area is 146 Å². The summed E-state index contributed by atoms with van der Waals surface area (Å²) in [5.74, 6) is -0.515. The number of hydrogen-bond donors (Lipinski definition) is 2. The highest BCUT2D eigenvalue weighted by molar-refractivity contribution is 7.20. The molecular formula is C17H13N3O4S. The van der Waals surface area contributed by atoms with Gasteiger partial charge in [0.25, 0.3) is 11.6 Å². The highest BCUT2D eigenvalue weighted by Gasteiger charge is 2.13. The number of fused-ring (bicyclic) bond motifs is 1. The molecule has 0 spiro atoms. The fourth-order valence-electron chi connectivity index (χ4n) is 2.33. The standard InChI is InChI=1S/C17H13N3O4S/c1-10(21)18-12-3-2-4-13(9-12)19-17(22)16-8-11-7-14(20(23)24)5-6-15(11)25-16/h2-9H,1H3,(H,18,21)(H,19,22). The van der Waals surface area contributed by atoms with Crippen molar-refractivity contribution in [1.82, 2.24) is 0 Å². The van der Waals surface area contributed by atoms with Crippen molar-refractivity contribution < 1.29 is 14.5 Å². The van der Waals surface area contributed by atoms with Gasteiger partial charge in [0.1, 0.15) is 0 Å². The zero-order valence-corrected chi connectivity index (χ0v) is 13.9. The molecule has 8 heteroatoms. The van der Waals surface area contributed by atoms with Crippen molar-refractivity contribution in [3.63, 3.8) is 0 Å². The van der Waals surface area contributed by atoms with Gasteiger partial charge < -0.3 is 10.6 Å². The SMILES string of the molecule is CC(=O)Nc1cccc(NC(=O)c2cc3cc([N+](=O)[O-])ccc3s2)c1. The largest absolute Gasteiger partial charge is 0.326 e. The smallest absolute Gasteiger partial charge is 0.270 e. The highest BCUT2D eigenvalue weighted by atomic mass is 32.1. The van der Waals surface area contributed by atoms with Gasteiger partial charge in [-0.1, -0.05) is 6.07 Å². The lowest BCUT2D eigenvalue weighted by Crippen LogP contribution is -2.11. The third-order valence-corrected chi connectivity index (χ3v) is 4.49. The number of benzene rings is 2. The number of hydrogen-bond acceptors (Lipinski definition) is 5. The molecule has 2 amide bonds. The lowest BCUT2D eigenvalue weighted by molar-refractivity contribution is -0.384. The molecule has 0 bridgehead atoms. The van der Waals surface area contributed by atoms with Crippen molar-refractivity contribution in [3.05, 3.63) is 63.5 Å². The van der Waals surface area contributed by atoms with Gasteiger partial charge in [0, 0.05) is 40.5 Å². The number of nitrogens with zero attached hydrogens (tertiary/aromatic N) is 1. The average Bonchev–Trinajstić information content (AvgIpc) is 2.97. The van der Waals surface area contributed by atoms with Crippen LogP contribution in [0, 0.1) is 10.1 Å². The van der Waals surface area contributed by atoms with Gasteiger partial charge in [0.05, 0.1) is 9.80 Å². The molecule has 3 rings (SSSR count). The van der Waals surface area contributed by atoms with Crippen LogP contribution < -0.4 is 10.6 Å². The summed E-state index contributed by atoms with van der Waals surface area (Å²) in [6, 6.07) is 12.9. The van der Waals surface area contributed by atoms with E-state index >= 15 is 0 Å². The van der Waals surface area contributed by atoms with Crippen LogP contribution in [0.3, 0.4) is 0 Å². The van der Waals surface area contributed by atoms with Crippen LogP contribution >= 0.6 is 11.3 Å². The van der Waals surface area contributed by atoms with Crippen molar-refractivity contribution in [3.8, 4) is 0 Å². The number of nitro groups is 1. The quantitative estimate of drug-likeness (QED) is 0.545. The fourth-order valence-corrected chi connectivity index (χ4v) is 3.27. The number of anilines is 2. The molecule has 0 radical (unpaired) electrons. The van der Waals surface area contributed by atoms with Crippen LogP contribution in [0.2, 0.25) is 0 Å². The maximum Gasteiger partial charge on any atom is 0.270 e. The van der Waals surface area contributed by atoms with Crippen LogP contribution in [-0.2, 0) is 4.79 Å². The van der Waals surface area contributed by atoms with E-state index < -0.39 is 4.92 Å². The van der Waals surface area contributed by atoms with Crippen molar-refractivity contribution in [2.45, 2.75) is 6.92 Å². The number of amides is 2. The Balaban J connectivity index is 1.82. The lowest BCUT2D eigenvalue weighted by Gasteiger charge is -2.06. The molecule has 1 aromatic heterocycles. The lowest BCUT2D eigenvalue weighted by atomic mass is 10.2. The van der Waals surface area contributed by atoms with Crippen molar-refractivity contribution >= 4 is 50.3 Å². The second-order valence-electron chi connectivity index (χ2n) is 5.31. The Hall–Kier alpha value is -3.26. The number of rotatable bonds is 4. The van der Waals surface area contributed by atoms with Crippen LogP contribution in [0.15, 0.2) is 48.5 Å². The molecule has 0 atom stereocenters. The van der Waals surface area contributed by atoms with Crippen LogP contribution in [0.4, 0.5) is 17.1 Å². The molecule has 0 saturated heterocycles. The Kier molecular flexibility index (Phi) is 4.44. The highest BCUT2D eigenvalue weighted by Crippen LogP contribution is 2.29. The monoisotopic (exact) mass is 355 g/mol. The average molecular weight is 355 g/mol. The molecule has 126 valence electrons. The molecule has 1 heterocycles. The summed E-state index contributed by atoms with van der Waals surface area (Å²) in [5.41, 5.74) is 1.11. The van der Waals surface area contributed by atoms with E-state index in [1.54, 1.807) is 36.4 Å². The van der Waals surface area contributed by atoms with Gasteiger partial charge in [-0.25, -0.2) is 0 Å². The predicted molar refractivity (Wildman–Crippen MR) is 97.2 cm³/mol. The van der Waals surface area contributed by atoms with E-state index in [4.69, 9.17) is 0 Å². The van der Waals surface area contributed by atoms with E-state index in [1.807, 2.05) is 0 Å². The first-order valence-corrected chi connectivity index (χ1v) is 8.11. The van der Waals surface area contributed by atoms with E-state index in [-0.39, 0.29) is 17.5 Å². The second kappa shape index (κ2) is 6.70. The number of non-ortho nitro benzene ring substituents is 1. The number of nitrogens with one attached hydrogen (secondary N) is 2. The molecule has 0 unspecified atom stereocenters. The van der Waals surface area contributed by atoms with Crippen LogP contribution in [0.5, 0.6) is 0 Å². The summed E-state index contributed by atoms with van der Waals surface area (Å²) in [7, 11) is 0. The molecule has 2 N–H and O–H groups in total. The van der Waals surface area contributed by atoms with Crippen molar-refractivity contribution in [2.24, 2.45) is 0 Å². The van der Waals surface area contributed by atoms with Crippen molar-refractivity contribution in [2.75, 3.05) is 10.6 Å². The number of carbonyl (C=O) groups is 2. The first-order valence-electron chi connectivity index (χ1n) is 7.29. The van der Waals surface area contributed by atoms with Gasteiger partial charge in [-0.3, -0.25) is 19.7 Å². The fraction of sp³-hybridized carbons (Fsp3) is 0.0588. The van der Waals surface area contributed by atoms with Crippen LogP contribution in [-0.4, -0.2) is 16.7 Å². The van der Waals surface area contributed by atoms with E-state index in [2.05, 4.69) is 10.6 Å². The van der Waals surface area contributed by atoms with Crippen LogP contribution in [0.1, 0.15) is 16.6 Å². The predicted octanol–water partition coefficient (Wildman–Crippen LogP) is 4.02. The van der Waals surface area contributed by atoms with Gasteiger partial charge >= 0.3 is 0 Å². The number of carbonyl (C=O) groups excluding carboxylic acids is 2. The number of nitro benzene ring substituents is 1. The van der Waals surface area contributed by atoms with Gasteiger partial charge in [-0.2, -0.15) is 0 Å². The molecule has 7 nitrogen and oxygen atoms in total. The van der Waals surface area contributed by atoms with Crippen LogP contribution in [0.25, 0.3) is 10.1 Å². The van der Waals surface area contributed by atoms with E-state index in [0.717, 1.165) is 4.70 Å². The van der Waals surface area contributed by atoms with Gasteiger partial charge in [0.15, 0.2) is 0 Å². The zero-order valence-electron chi connectivity index (χ0n) is 13.1. The van der Waals surface area contributed by atoms with Crippen molar-refractivity contribution in [1.29, 1.82) is 0 Å². The molecule has 0 aliphatic carbocycles. The third-order valence-electron chi connectivity index (χ3n) is 3.38. The minimum atomic E-state index is -0.468. The summed E-state index contributed by atoms with van der Waals surface area (Å²) >= 11 is 1.26. The molecule has 0 aliphatic rings. The summed E-state index contributed by atoms with van der Waals surface area (Å²) in [6.45, 7) is 1.40. The molecule has 25 heavy (non-hydrogen) atoms. The third kappa shape index (κ3) is 3.81. The molecule has 2 aromatic carbocycles. The first-order chi connectivity index (χ1) is 11.9. The molecular weight excluding hydrogens is 342 g/mol. The maximum absolute atomic E-state index is 12.4. The zero-order chi connectivity index (χ0) is 18.0. The summed E-state index contributed by atoms with van der Waals surface area (Å²) < 4.78 is 0.794. The van der Waals surface area contributed by atoms with Gasteiger partial charge in [0.2, 0.25) is 5.91 Å². The minimum absolute atomic E-state index is 0.0136. The summed E-state index contributed by atoms with van der Waals surface area (Å²) in [5, 5.41) is 16.9. The summed E-state index contributed by atoms with van der Waals surface area (Å²) in [4.78, 5) is 34.3. The van der Waals surface area contributed by atoms with E-state index in [0.29, 0.717) is 21.6 Å². The molecule has 3 aromatic rings. The summed E-state index contributed by atoms with van der Waals surface area (Å²) in [6.07, 6.45) is 0. The maximum atomic E-state index is 12.4. The van der Waals surface area contributed by atoms with E-state index in [9.17, 15) is 19.7 Å². The Morgan fingerprint density at radius 2 is 1.76 bits per heavy atom. The molecule has 0 fully saturated rings. The second-order valence-corrected chi connectivity index (χ2v) is 6.39. The molecule has 0 saturated carbocycles. The van der Waals surface area contributed by atoms with E-state index in [1.165, 1.54) is 30.4 Å². The molecule has 0 aliphatic heterocycles. The normalized spacial score (nSPS) is 10.4. The Bertz CT molecular complexity index is 996. The topological polar surface area (TPSA) is 101 Å². The Morgan fingerprint density at radius 3 is 2.44 bits per heavy atom. The van der Waals surface area contributed by atoms with Gasteiger partial charge in [-0.05, 0) is 30.3 Å². The Morgan fingerprint density at radius 1 is 1.04 bits per heavy atom. The minimum Gasteiger partial charge on any atom is -0.326 e. The first kappa shape index (κ1) is 16.6. The van der Waals surface area contributed by atoms with Gasteiger partial charge in [-0.15, -0.1) is 11.3 Å².